The average molecular weight is 240 g/mol. The molecule has 1 heterocycles. The SMILES string of the molecule is CCC1(C)CSC(=NCC2CCC(C)C2)N1. The van der Waals surface area contributed by atoms with Crippen molar-refractivity contribution in [2.45, 2.75) is 52.0 Å². The molecule has 3 unspecified atom stereocenters. The van der Waals surface area contributed by atoms with Crippen LogP contribution in [0.15, 0.2) is 4.99 Å². The molecule has 3 atom stereocenters. The molecule has 0 aromatic heterocycles. The first kappa shape index (κ1) is 12.3. The van der Waals surface area contributed by atoms with E-state index in [1.165, 1.54) is 36.6 Å². The molecule has 0 radical (unpaired) electrons. The second-order valence-electron chi connectivity index (χ2n) is 5.76. The minimum absolute atomic E-state index is 0.284. The molecule has 1 saturated carbocycles. The van der Waals surface area contributed by atoms with Crippen molar-refractivity contribution < 1.29 is 0 Å². The molecule has 0 bridgehead atoms. The van der Waals surface area contributed by atoms with E-state index in [9.17, 15) is 0 Å². The summed E-state index contributed by atoms with van der Waals surface area (Å²) in [4.78, 5) is 4.75. The molecule has 16 heavy (non-hydrogen) atoms. The van der Waals surface area contributed by atoms with Crippen LogP contribution < -0.4 is 5.32 Å². The number of hydrogen-bond acceptors (Lipinski definition) is 2. The molecule has 2 aliphatic rings. The fraction of sp³-hybridized carbons (Fsp3) is 0.923. The number of aliphatic imine (C=N–C) groups is 1. The zero-order valence-corrected chi connectivity index (χ0v) is 11.6. The Bertz CT molecular complexity index is 277. The standard InChI is InChI=1S/C13H24N2S/c1-4-13(3)9-16-12(15-13)14-8-11-6-5-10(2)7-11/h10-11H,4-9H2,1-3H3,(H,14,15). The van der Waals surface area contributed by atoms with Crippen molar-refractivity contribution in [3.63, 3.8) is 0 Å². The van der Waals surface area contributed by atoms with Crippen molar-refractivity contribution >= 4 is 16.9 Å². The molecule has 3 heteroatoms. The molecule has 2 rings (SSSR count). The van der Waals surface area contributed by atoms with Gasteiger partial charge in [-0.3, -0.25) is 4.99 Å². The predicted molar refractivity (Wildman–Crippen MR) is 73.1 cm³/mol. The van der Waals surface area contributed by atoms with E-state index >= 15 is 0 Å². The van der Waals surface area contributed by atoms with Crippen LogP contribution in [0.5, 0.6) is 0 Å². The monoisotopic (exact) mass is 240 g/mol. The quantitative estimate of drug-likeness (QED) is 0.818. The van der Waals surface area contributed by atoms with Crippen LogP contribution >= 0.6 is 11.8 Å². The van der Waals surface area contributed by atoms with Crippen LogP contribution in [0.1, 0.15) is 46.5 Å². The van der Waals surface area contributed by atoms with Gasteiger partial charge in [-0.15, -0.1) is 0 Å². The van der Waals surface area contributed by atoms with E-state index in [1.54, 1.807) is 0 Å². The van der Waals surface area contributed by atoms with Gasteiger partial charge in [0.05, 0.1) is 0 Å². The van der Waals surface area contributed by atoms with E-state index in [0.29, 0.717) is 0 Å². The number of rotatable bonds is 3. The van der Waals surface area contributed by atoms with Gasteiger partial charge >= 0.3 is 0 Å². The molecular formula is C13H24N2S. The Morgan fingerprint density at radius 1 is 1.50 bits per heavy atom. The van der Waals surface area contributed by atoms with E-state index in [4.69, 9.17) is 4.99 Å². The largest absolute Gasteiger partial charge is 0.359 e. The van der Waals surface area contributed by atoms with Gasteiger partial charge in [0, 0.05) is 17.8 Å². The topological polar surface area (TPSA) is 24.4 Å². The summed E-state index contributed by atoms with van der Waals surface area (Å²) in [5, 5.41) is 4.75. The molecular weight excluding hydrogens is 216 g/mol. The molecule has 0 amide bonds. The van der Waals surface area contributed by atoms with Gasteiger partial charge in [-0.2, -0.15) is 0 Å². The van der Waals surface area contributed by atoms with Gasteiger partial charge in [0.2, 0.25) is 0 Å². The third-order valence-corrected chi connectivity index (χ3v) is 5.30. The van der Waals surface area contributed by atoms with Crippen molar-refractivity contribution in [3.05, 3.63) is 0 Å². The third kappa shape index (κ3) is 2.93. The van der Waals surface area contributed by atoms with Gasteiger partial charge in [-0.1, -0.05) is 32.0 Å². The van der Waals surface area contributed by atoms with Crippen molar-refractivity contribution in [2.24, 2.45) is 16.8 Å². The van der Waals surface area contributed by atoms with Crippen molar-refractivity contribution in [2.75, 3.05) is 12.3 Å². The lowest BCUT2D eigenvalue weighted by atomic mass is 10.0. The minimum atomic E-state index is 0.284. The molecule has 1 N–H and O–H groups in total. The van der Waals surface area contributed by atoms with E-state index in [-0.39, 0.29) is 5.54 Å². The zero-order valence-electron chi connectivity index (χ0n) is 10.8. The number of hydrogen-bond donors (Lipinski definition) is 1. The summed E-state index contributed by atoms with van der Waals surface area (Å²) in [5.74, 6) is 2.94. The van der Waals surface area contributed by atoms with Crippen LogP contribution in [-0.4, -0.2) is 23.0 Å². The molecule has 1 aliphatic heterocycles. The van der Waals surface area contributed by atoms with Crippen molar-refractivity contribution in [1.29, 1.82) is 0 Å². The molecule has 0 spiro atoms. The number of nitrogens with one attached hydrogen (secondary N) is 1. The Balaban J connectivity index is 1.81. The molecule has 0 aromatic carbocycles. The highest BCUT2D eigenvalue weighted by Crippen LogP contribution is 2.31. The predicted octanol–water partition coefficient (Wildman–Crippen LogP) is 3.28. The third-order valence-electron chi connectivity index (χ3n) is 4.01. The van der Waals surface area contributed by atoms with Gasteiger partial charge in [-0.05, 0) is 38.0 Å². The van der Waals surface area contributed by atoms with Crippen LogP contribution in [0, 0.1) is 11.8 Å². The minimum Gasteiger partial charge on any atom is -0.359 e. The van der Waals surface area contributed by atoms with Gasteiger partial charge in [0.1, 0.15) is 0 Å². The summed E-state index contributed by atoms with van der Waals surface area (Å²) in [5.41, 5.74) is 0.284. The van der Waals surface area contributed by atoms with Crippen molar-refractivity contribution in [3.8, 4) is 0 Å². The highest BCUT2D eigenvalue weighted by atomic mass is 32.2. The molecule has 1 saturated heterocycles. The normalized spacial score (nSPS) is 41.6. The van der Waals surface area contributed by atoms with Crippen LogP contribution in [0.4, 0.5) is 0 Å². The number of amidine groups is 1. The maximum atomic E-state index is 4.75. The van der Waals surface area contributed by atoms with E-state index < -0.39 is 0 Å². The Morgan fingerprint density at radius 2 is 2.31 bits per heavy atom. The van der Waals surface area contributed by atoms with Gasteiger partial charge in [0.15, 0.2) is 5.17 Å². The lowest BCUT2D eigenvalue weighted by molar-refractivity contribution is 0.464. The fourth-order valence-electron chi connectivity index (χ4n) is 2.54. The molecule has 0 aromatic rings. The van der Waals surface area contributed by atoms with E-state index in [2.05, 4.69) is 26.1 Å². The fourth-order valence-corrected chi connectivity index (χ4v) is 3.75. The summed E-state index contributed by atoms with van der Waals surface area (Å²) in [6, 6.07) is 0. The summed E-state index contributed by atoms with van der Waals surface area (Å²) in [7, 11) is 0. The van der Waals surface area contributed by atoms with Crippen LogP contribution in [-0.2, 0) is 0 Å². The maximum absolute atomic E-state index is 4.75. The van der Waals surface area contributed by atoms with Gasteiger partial charge in [-0.25, -0.2) is 0 Å². The van der Waals surface area contributed by atoms with Gasteiger partial charge < -0.3 is 5.32 Å². The summed E-state index contributed by atoms with van der Waals surface area (Å²) < 4.78 is 0. The molecule has 2 fully saturated rings. The number of thioether (sulfide) groups is 1. The molecule has 2 nitrogen and oxygen atoms in total. The van der Waals surface area contributed by atoms with Crippen LogP contribution in [0.25, 0.3) is 0 Å². The Hall–Kier alpha value is -0.180. The van der Waals surface area contributed by atoms with E-state index in [0.717, 1.165) is 18.4 Å². The summed E-state index contributed by atoms with van der Waals surface area (Å²) in [6.45, 7) is 7.94. The molecule has 1 aliphatic carbocycles. The lowest BCUT2D eigenvalue weighted by Crippen LogP contribution is -2.39. The summed E-state index contributed by atoms with van der Waals surface area (Å²) >= 11 is 1.90. The Labute approximate surface area is 104 Å². The maximum Gasteiger partial charge on any atom is 0.157 e. The first-order valence-corrected chi connectivity index (χ1v) is 7.55. The Morgan fingerprint density at radius 3 is 2.88 bits per heavy atom. The van der Waals surface area contributed by atoms with Crippen LogP contribution in [0.3, 0.4) is 0 Å². The second kappa shape index (κ2) is 4.99. The first-order valence-electron chi connectivity index (χ1n) is 6.57. The molecule has 92 valence electrons. The smallest absolute Gasteiger partial charge is 0.157 e. The highest BCUT2D eigenvalue weighted by molar-refractivity contribution is 8.14. The van der Waals surface area contributed by atoms with Gasteiger partial charge in [0.25, 0.3) is 0 Å². The average Bonchev–Trinajstić information content (AvgIpc) is 2.83. The zero-order chi connectivity index (χ0) is 11.6. The lowest BCUT2D eigenvalue weighted by Gasteiger charge is -2.20. The summed E-state index contributed by atoms with van der Waals surface area (Å²) in [6.07, 6.45) is 5.35. The van der Waals surface area contributed by atoms with Crippen LogP contribution in [0.2, 0.25) is 0 Å². The van der Waals surface area contributed by atoms with E-state index in [1.807, 2.05) is 11.8 Å². The first-order chi connectivity index (χ1) is 7.61. The van der Waals surface area contributed by atoms with Crippen molar-refractivity contribution in [1.82, 2.24) is 5.32 Å². The second-order valence-corrected chi connectivity index (χ2v) is 6.72. The highest BCUT2D eigenvalue weighted by Gasteiger charge is 2.30. The Kier molecular flexibility index (Phi) is 3.83. The number of nitrogens with zero attached hydrogens (tertiary/aromatic N) is 1.